The van der Waals surface area contributed by atoms with Gasteiger partial charge in [-0.05, 0) is 67.6 Å². The molecule has 4 nitrogen and oxygen atoms in total. The smallest absolute Gasteiger partial charge is 0.220 e. The normalized spacial score (nSPS) is 16.9. The van der Waals surface area contributed by atoms with Crippen LogP contribution in [0.25, 0.3) is 10.9 Å². The van der Waals surface area contributed by atoms with E-state index in [4.69, 9.17) is 0 Å². The lowest BCUT2D eigenvalue weighted by atomic mass is 9.88. The Labute approximate surface area is 225 Å². The Kier molecular flexibility index (Phi) is 8.54. The topological polar surface area (TPSA) is 37.3 Å². The van der Waals surface area contributed by atoms with Gasteiger partial charge in [0.05, 0.1) is 0 Å². The fraction of sp³-hybridized carbons (Fsp3) is 0.364. The molecule has 4 aromatic rings. The summed E-state index contributed by atoms with van der Waals surface area (Å²) in [7, 11) is 0. The summed E-state index contributed by atoms with van der Waals surface area (Å²) in [5, 5.41) is 4.35. The van der Waals surface area contributed by atoms with Gasteiger partial charge in [0.2, 0.25) is 5.91 Å². The van der Waals surface area contributed by atoms with Crippen LogP contribution in [0.4, 0.5) is 4.39 Å². The van der Waals surface area contributed by atoms with E-state index in [0.29, 0.717) is 25.6 Å². The molecule has 198 valence electrons. The number of fused-ring (bicyclic) bond motifs is 1. The molecule has 1 aromatic heterocycles. The Bertz CT molecular complexity index is 1330. The first kappa shape index (κ1) is 26.2. The molecule has 0 bridgehead atoms. The molecule has 1 fully saturated rings. The Morgan fingerprint density at radius 2 is 1.76 bits per heavy atom. The molecule has 0 radical (unpaired) electrons. The van der Waals surface area contributed by atoms with Crippen molar-refractivity contribution in [2.24, 2.45) is 0 Å². The lowest BCUT2D eigenvalue weighted by Gasteiger charge is -2.33. The molecule has 38 heavy (non-hydrogen) atoms. The summed E-state index contributed by atoms with van der Waals surface area (Å²) in [4.78, 5) is 15.8. The van der Waals surface area contributed by atoms with Gasteiger partial charge >= 0.3 is 0 Å². The third-order valence-electron chi connectivity index (χ3n) is 7.94. The van der Waals surface area contributed by atoms with E-state index in [1.54, 1.807) is 0 Å². The predicted octanol–water partition coefficient (Wildman–Crippen LogP) is 6.73. The molecule has 1 amide bonds. The molecule has 0 aliphatic carbocycles. The maximum atomic E-state index is 13.5. The predicted molar refractivity (Wildman–Crippen MR) is 153 cm³/mol. The molecule has 1 aliphatic heterocycles. The number of carbonyl (C=O) groups excluding carboxylic acids is 1. The first-order valence-corrected chi connectivity index (χ1v) is 14.0. The lowest BCUT2D eigenvalue weighted by Crippen LogP contribution is -2.39. The van der Waals surface area contributed by atoms with E-state index in [2.05, 4.69) is 58.2 Å². The van der Waals surface area contributed by atoms with Crippen LogP contribution in [-0.2, 0) is 11.3 Å². The highest BCUT2D eigenvalue weighted by Crippen LogP contribution is 2.35. The number of halogens is 1. The monoisotopic (exact) mass is 511 g/mol. The maximum Gasteiger partial charge on any atom is 0.220 e. The summed E-state index contributed by atoms with van der Waals surface area (Å²) in [6.45, 7) is 5.88. The van der Waals surface area contributed by atoms with Crippen LogP contribution in [0.15, 0.2) is 85.1 Å². The van der Waals surface area contributed by atoms with Gasteiger partial charge in [0.1, 0.15) is 5.82 Å². The number of hydrogen-bond donors (Lipinski definition) is 1. The first-order chi connectivity index (χ1) is 18.6. The molecule has 0 spiro atoms. The van der Waals surface area contributed by atoms with Crippen molar-refractivity contribution in [3.05, 3.63) is 108 Å². The number of rotatable bonds is 10. The summed E-state index contributed by atoms with van der Waals surface area (Å²) in [5.41, 5.74) is 4.43. The number of amides is 1. The van der Waals surface area contributed by atoms with Gasteiger partial charge in [-0.2, -0.15) is 0 Å². The summed E-state index contributed by atoms with van der Waals surface area (Å²) in [5.74, 6) is -0.203. The van der Waals surface area contributed by atoms with Gasteiger partial charge in [0, 0.05) is 55.1 Å². The average Bonchev–Trinajstić information content (AvgIpc) is 3.30. The minimum atomic E-state index is -0.229. The third-order valence-corrected chi connectivity index (χ3v) is 7.94. The number of benzene rings is 3. The quantitative estimate of drug-likeness (QED) is 0.240. The van der Waals surface area contributed by atoms with Gasteiger partial charge in [-0.3, -0.25) is 4.79 Å². The van der Waals surface area contributed by atoms with Crippen molar-refractivity contribution in [1.82, 2.24) is 14.8 Å². The van der Waals surface area contributed by atoms with Gasteiger partial charge in [-0.15, -0.1) is 0 Å². The van der Waals surface area contributed by atoms with Crippen LogP contribution in [-0.4, -0.2) is 41.1 Å². The van der Waals surface area contributed by atoms with Gasteiger partial charge in [-0.1, -0.05) is 67.1 Å². The summed E-state index contributed by atoms with van der Waals surface area (Å²) >= 11 is 0. The van der Waals surface area contributed by atoms with Crippen LogP contribution in [0.3, 0.4) is 0 Å². The second kappa shape index (κ2) is 12.4. The Morgan fingerprint density at radius 1 is 1.00 bits per heavy atom. The molecule has 3 aromatic carbocycles. The van der Waals surface area contributed by atoms with Crippen molar-refractivity contribution < 1.29 is 9.18 Å². The summed E-state index contributed by atoms with van der Waals surface area (Å²) in [6, 6.07) is 26.0. The molecule has 0 saturated carbocycles. The highest BCUT2D eigenvalue weighted by Gasteiger charge is 2.23. The fourth-order valence-corrected chi connectivity index (χ4v) is 5.82. The van der Waals surface area contributed by atoms with Gasteiger partial charge < -0.3 is 14.8 Å². The zero-order valence-corrected chi connectivity index (χ0v) is 22.3. The van der Waals surface area contributed by atoms with Crippen LogP contribution in [0.2, 0.25) is 0 Å². The Morgan fingerprint density at radius 3 is 2.55 bits per heavy atom. The number of nitrogens with one attached hydrogen (secondary N) is 1. The van der Waals surface area contributed by atoms with Crippen molar-refractivity contribution in [1.29, 1.82) is 0 Å². The second-order valence-electron chi connectivity index (χ2n) is 10.6. The van der Waals surface area contributed by atoms with Crippen LogP contribution < -0.4 is 5.32 Å². The molecule has 1 saturated heterocycles. The number of carbonyl (C=O) groups is 1. The van der Waals surface area contributed by atoms with Crippen LogP contribution in [0, 0.1) is 5.82 Å². The van der Waals surface area contributed by atoms with E-state index in [-0.39, 0.29) is 17.6 Å². The second-order valence-corrected chi connectivity index (χ2v) is 10.6. The molecule has 1 N–H and O–H groups in total. The van der Waals surface area contributed by atoms with Crippen LogP contribution in [0.5, 0.6) is 0 Å². The third kappa shape index (κ3) is 6.33. The number of piperidine rings is 1. The Hall–Kier alpha value is -3.44. The first-order valence-electron chi connectivity index (χ1n) is 14.0. The largest absolute Gasteiger partial charge is 0.356 e. The number of hydrogen-bond acceptors (Lipinski definition) is 2. The van der Waals surface area contributed by atoms with E-state index >= 15 is 0 Å². The van der Waals surface area contributed by atoms with Crippen molar-refractivity contribution in [2.45, 2.75) is 57.5 Å². The van der Waals surface area contributed by atoms with Crippen LogP contribution in [0.1, 0.15) is 61.6 Å². The summed E-state index contributed by atoms with van der Waals surface area (Å²) < 4.78 is 15.7. The molecule has 5 heteroatoms. The summed E-state index contributed by atoms with van der Waals surface area (Å²) in [6.07, 6.45) is 7.44. The Balaban J connectivity index is 1.33. The number of nitrogens with zero attached hydrogens (tertiary/aromatic N) is 2. The van der Waals surface area contributed by atoms with Crippen LogP contribution >= 0.6 is 0 Å². The number of aromatic nitrogens is 1. The van der Waals surface area contributed by atoms with Gasteiger partial charge in [0.25, 0.3) is 0 Å². The van der Waals surface area contributed by atoms with E-state index < -0.39 is 0 Å². The van der Waals surface area contributed by atoms with Crippen molar-refractivity contribution >= 4 is 16.8 Å². The zero-order chi connectivity index (χ0) is 26.3. The molecular weight excluding hydrogens is 473 g/mol. The maximum absolute atomic E-state index is 13.5. The van der Waals surface area contributed by atoms with Crippen molar-refractivity contribution in [3.63, 3.8) is 0 Å². The minimum absolute atomic E-state index is 0.0577. The molecule has 1 aliphatic rings. The van der Waals surface area contributed by atoms with Crippen molar-refractivity contribution in [3.8, 4) is 0 Å². The molecule has 5 rings (SSSR count). The molecular formula is C33H38FN3O. The fourth-order valence-electron chi connectivity index (χ4n) is 5.82. The minimum Gasteiger partial charge on any atom is -0.356 e. The van der Waals surface area contributed by atoms with E-state index in [9.17, 15) is 9.18 Å². The number of para-hydroxylation sites is 1. The van der Waals surface area contributed by atoms with Gasteiger partial charge in [0.15, 0.2) is 0 Å². The SMILES string of the molecule is CC1CCCCN1CCCNC(=O)CC(c1ccccc1)c1cn(Cc2ccc(F)cc2)c2ccccc12. The standard InChI is InChI=1S/C33H38FN3O/c1-25-10-7-8-20-36(25)21-9-19-35-33(38)22-30(27-11-3-2-4-12-27)31-24-37(32-14-6-5-13-29(31)32)23-26-15-17-28(34)18-16-26/h2-6,11-18,24-25,30H,7-10,19-23H2,1H3,(H,35,38). The van der Waals surface area contributed by atoms with E-state index in [1.165, 1.54) is 37.9 Å². The zero-order valence-electron chi connectivity index (χ0n) is 22.3. The van der Waals surface area contributed by atoms with Gasteiger partial charge in [-0.25, -0.2) is 4.39 Å². The van der Waals surface area contributed by atoms with E-state index in [0.717, 1.165) is 40.6 Å². The highest BCUT2D eigenvalue weighted by atomic mass is 19.1. The molecule has 2 heterocycles. The molecule has 2 atom stereocenters. The van der Waals surface area contributed by atoms with Crippen molar-refractivity contribution in [2.75, 3.05) is 19.6 Å². The molecule has 2 unspecified atom stereocenters. The highest BCUT2D eigenvalue weighted by molar-refractivity contribution is 5.86. The average molecular weight is 512 g/mol. The number of likely N-dealkylation sites (tertiary alicyclic amines) is 1. The lowest BCUT2D eigenvalue weighted by molar-refractivity contribution is -0.121. The van der Waals surface area contributed by atoms with E-state index in [1.807, 2.05) is 36.4 Å².